The highest BCUT2D eigenvalue weighted by Crippen LogP contribution is 2.19. The second-order valence-electron chi connectivity index (χ2n) is 5.99. The minimum Gasteiger partial charge on any atom is -0.494 e. The molecular formula is C20H24N2O6S2. The van der Waals surface area contributed by atoms with Gasteiger partial charge in [0.15, 0.2) is 6.61 Å². The van der Waals surface area contributed by atoms with E-state index in [1.54, 1.807) is 36.0 Å². The number of hydrogen-bond donors (Lipinski definition) is 2. The number of benzene rings is 2. The molecule has 162 valence electrons. The molecule has 0 aliphatic carbocycles. The van der Waals surface area contributed by atoms with E-state index in [4.69, 9.17) is 9.47 Å². The number of anilines is 1. The van der Waals surface area contributed by atoms with Gasteiger partial charge in [0.1, 0.15) is 5.75 Å². The van der Waals surface area contributed by atoms with Crippen molar-refractivity contribution in [3.63, 3.8) is 0 Å². The zero-order chi connectivity index (χ0) is 22.0. The van der Waals surface area contributed by atoms with Gasteiger partial charge in [0.25, 0.3) is 5.91 Å². The maximum Gasteiger partial charge on any atom is 0.307 e. The van der Waals surface area contributed by atoms with Crippen LogP contribution in [0.3, 0.4) is 0 Å². The molecule has 0 bridgehead atoms. The Morgan fingerprint density at radius 2 is 1.83 bits per heavy atom. The molecule has 2 rings (SSSR count). The molecule has 0 unspecified atom stereocenters. The summed E-state index contributed by atoms with van der Waals surface area (Å²) in [4.78, 5) is 24.7. The molecule has 0 saturated heterocycles. The molecule has 2 aromatic carbocycles. The lowest BCUT2D eigenvalue weighted by Crippen LogP contribution is -2.28. The number of carbonyl (C=O) groups excluding carboxylic acids is 2. The highest BCUT2D eigenvalue weighted by molar-refractivity contribution is 7.98. The number of thioether (sulfide) groups is 1. The lowest BCUT2D eigenvalue weighted by Gasteiger charge is -2.09. The number of ether oxygens (including phenoxy) is 2. The van der Waals surface area contributed by atoms with Crippen LogP contribution in [0.15, 0.2) is 58.3 Å². The van der Waals surface area contributed by atoms with Crippen molar-refractivity contribution in [2.45, 2.75) is 23.1 Å². The molecule has 0 aliphatic heterocycles. The van der Waals surface area contributed by atoms with Crippen LogP contribution in [0.25, 0.3) is 0 Å². The van der Waals surface area contributed by atoms with Gasteiger partial charge in [-0.15, -0.1) is 11.8 Å². The van der Waals surface area contributed by atoms with E-state index >= 15 is 0 Å². The first-order valence-electron chi connectivity index (χ1n) is 9.16. The van der Waals surface area contributed by atoms with Crippen LogP contribution in [0, 0.1) is 0 Å². The van der Waals surface area contributed by atoms with Crippen molar-refractivity contribution in [3.8, 4) is 5.75 Å². The lowest BCUT2D eigenvalue weighted by molar-refractivity contribution is -0.147. The third-order valence-corrected chi connectivity index (χ3v) is 5.99. The SMILES string of the molecule is CCOc1ccc(S(=O)(=O)NCCC(=O)OCC(=O)Nc2cccc(SC)c2)cc1. The van der Waals surface area contributed by atoms with Gasteiger partial charge in [-0.25, -0.2) is 13.1 Å². The summed E-state index contributed by atoms with van der Waals surface area (Å²) in [6.07, 6.45) is 1.72. The average Bonchev–Trinajstić information content (AvgIpc) is 2.73. The number of carbonyl (C=O) groups is 2. The average molecular weight is 453 g/mol. The monoisotopic (exact) mass is 452 g/mol. The molecule has 0 saturated carbocycles. The van der Waals surface area contributed by atoms with Crippen LogP contribution in [0.1, 0.15) is 13.3 Å². The predicted octanol–water partition coefficient (Wildman–Crippen LogP) is 2.66. The summed E-state index contributed by atoms with van der Waals surface area (Å²) >= 11 is 1.54. The predicted molar refractivity (Wildman–Crippen MR) is 115 cm³/mol. The fourth-order valence-corrected chi connectivity index (χ4v) is 3.86. The van der Waals surface area contributed by atoms with Crippen molar-refractivity contribution in [1.82, 2.24) is 4.72 Å². The van der Waals surface area contributed by atoms with Gasteiger partial charge in [0.2, 0.25) is 10.0 Å². The topological polar surface area (TPSA) is 111 Å². The summed E-state index contributed by atoms with van der Waals surface area (Å²) < 4.78 is 37.0. The molecule has 0 heterocycles. The Balaban J connectivity index is 1.74. The number of esters is 1. The van der Waals surface area contributed by atoms with E-state index in [9.17, 15) is 18.0 Å². The fourth-order valence-electron chi connectivity index (χ4n) is 2.37. The van der Waals surface area contributed by atoms with E-state index < -0.39 is 28.5 Å². The van der Waals surface area contributed by atoms with E-state index in [0.29, 0.717) is 18.0 Å². The van der Waals surface area contributed by atoms with Gasteiger partial charge in [-0.2, -0.15) is 0 Å². The molecular weight excluding hydrogens is 428 g/mol. The van der Waals surface area contributed by atoms with Gasteiger partial charge in [0, 0.05) is 17.1 Å². The zero-order valence-electron chi connectivity index (χ0n) is 16.7. The molecule has 0 atom stereocenters. The van der Waals surface area contributed by atoms with E-state index in [-0.39, 0.29) is 17.9 Å². The molecule has 0 aliphatic rings. The summed E-state index contributed by atoms with van der Waals surface area (Å²) in [6.45, 7) is 1.71. The number of amides is 1. The Labute approximate surface area is 180 Å². The first kappa shape index (κ1) is 23.7. The summed E-state index contributed by atoms with van der Waals surface area (Å²) in [6, 6.07) is 13.2. The van der Waals surface area contributed by atoms with E-state index in [1.807, 2.05) is 25.3 Å². The van der Waals surface area contributed by atoms with Gasteiger partial charge in [0.05, 0.1) is 17.9 Å². The lowest BCUT2D eigenvalue weighted by atomic mass is 10.3. The molecule has 10 heteroatoms. The summed E-state index contributed by atoms with van der Waals surface area (Å²) in [7, 11) is -3.76. The van der Waals surface area contributed by atoms with Gasteiger partial charge in [-0.05, 0) is 55.6 Å². The maximum absolute atomic E-state index is 12.2. The fraction of sp³-hybridized carbons (Fsp3) is 0.300. The first-order chi connectivity index (χ1) is 14.3. The minimum atomic E-state index is -3.76. The Hall–Kier alpha value is -2.56. The van der Waals surface area contributed by atoms with Crippen LogP contribution in [0.2, 0.25) is 0 Å². The zero-order valence-corrected chi connectivity index (χ0v) is 18.3. The number of nitrogens with one attached hydrogen (secondary N) is 2. The van der Waals surface area contributed by atoms with Gasteiger partial charge in [-0.3, -0.25) is 9.59 Å². The van der Waals surface area contributed by atoms with E-state index in [1.165, 1.54) is 12.1 Å². The van der Waals surface area contributed by atoms with Crippen LogP contribution in [0.4, 0.5) is 5.69 Å². The number of sulfonamides is 1. The van der Waals surface area contributed by atoms with Crippen LogP contribution in [-0.4, -0.2) is 46.3 Å². The van der Waals surface area contributed by atoms with Crippen molar-refractivity contribution in [1.29, 1.82) is 0 Å². The third kappa shape index (κ3) is 7.69. The van der Waals surface area contributed by atoms with Crippen LogP contribution in [-0.2, 0) is 24.3 Å². The Morgan fingerprint density at radius 1 is 1.10 bits per heavy atom. The minimum absolute atomic E-state index is 0.0613. The second kappa shape index (κ2) is 11.6. The molecule has 0 fully saturated rings. The molecule has 0 aromatic heterocycles. The highest BCUT2D eigenvalue weighted by Gasteiger charge is 2.15. The van der Waals surface area contributed by atoms with Gasteiger partial charge in [-0.1, -0.05) is 6.07 Å². The normalized spacial score (nSPS) is 11.0. The van der Waals surface area contributed by atoms with Crippen molar-refractivity contribution >= 4 is 39.3 Å². The molecule has 0 spiro atoms. The Morgan fingerprint density at radius 3 is 2.50 bits per heavy atom. The molecule has 8 nitrogen and oxygen atoms in total. The van der Waals surface area contributed by atoms with Crippen molar-refractivity contribution in [2.75, 3.05) is 31.3 Å². The molecule has 2 N–H and O–H groups in total. The summed E-state index contributed by atoms with van der Waals surface area (Å²) in [5.41, 5.74) is 0.603. The van der Waals surface area contributed by atoms with Crippen molar-refractivity contribution in [2.24, 2.45) is 0 Å². The summed E-state index contributed by atoms with van der Waals surface area (Å²) in [5, 5.41) is 2.64. The second-order valence-corrected chi connectivity index (χ2v) is 8.64. The number of hydrogen-bond acceptors (Lipinski definition) is 7. The van der Waals surface area contributed by atoms with Crippen molar-refractivity contribution < 1.29 is 27.5 Å². The Kier molecular flexibility index (Phi) is 9.15. The van der Waals surface area contributed by atoms with Crippen LogP contribution in [0.5, 0.6) is 5.75 Å². The smallest absolute Gasteiger partial charge is 0.307 e. The maximum atomic E-state index is 12.2. The molecule has 2 aromatic rings. The van der Waals surface area contributed by atoms with E-state index in [2.05, 4.69) is 10.0 Å². The van der Waals surface area contributed by atoms with Gasteiger partial charge < -0.3 is 14.8 Å². The molecule has 0 radical (unpaired) electrons. The van der Waals surface area contributed by atoms with Crippen LogP contribution >= 0.6 is 11.8 Å². The van der Waals surface area contributed by atoms with Crippen LogP contribution < -0.4 is 14.8 Å². The third-order valence-electron chi connectivity index (χ3n) is 3.78. The van der Waals surface area contributed by atoms with Gasteiger partial charge >= 0.3 is 5.97 Å². The first-order valence-corrected chi connectivity index (χ1v) is 11.9. The largest absolute Gasteiger partial charge is 0.494 e. The van der Waals surface area contributed by atoms with E-state index in [0.717, 1.165) is 4.90 Å². The summed E-state index contributed by atoms with van der Waals surface area (Å²) in [5.74, 6) is -0.590. The molecule has 1 amide bonds. The Bertz CT molecular complexity index is 962. The highest BCUT2D eigenvalue weighted by atomic mass is 32.2. The molecule has 30 heavy (non-hydrogen) atoms. The quantitative estimate of drug-likeness (QED) is 0.398. The number of rotatable bonds is 11. The van der Waals surface area contributed by atoms with Crippen molar-refractivity contribution in [3.05, 3.63) is 48.5 Å². The standard InChI is InChI=1S/C20H24N2O6S2/c1-3-27-16-7-9-18(10-8-16)30(25,26)21-12-11-20(24)28-14-19(23)22-15-5-4-6-17(13-15)29-2/h4-10,13,21H,3,11-12,14H2,1-2H3,(H,22,23).